The first-order valence-corrected chi connectivity index (χ1v) is 8.45. The number of aromatic nitrogens is 2. The number of nitrogens with zero attached hydrogens (tertiary/aromatic N) is 2. The van der Waals surface area contributed by atoms with Crippen molar-refractivity contribution in [2.45, 2.75) is 19.9 Å². The molecule has 0 spiro atoms. The summed E-state index contributed by atoms with van der Waals surface area (Å²) in [6, 6.07) is 13.8. The zero-order chi connectivity index (χ0) is 19.4. The van der Waals surface area contributed by atoms with Gasteiger partial charge in [-0.1, -0.05) is 18.2 Å². The lowest BCUT2D eigenvalue weighted by molar-refractivity contribution is 0.0920. The molecule has 1 aromatic heterocycles. The Kier molecular flexibility index (Phi) is 5.49. The highest BCUT2D eigenvalue weighted by atomic mass is 19.1. The van der Waals surface area contributed by atoms with Gasteiger partial charge in [-0.05, 0) is 44.2 Å². The van der Waals surface area contributed by atoms with Crippen LogP contribution in [0.3, 0.4) is 0 Å². The summed E-state index contributed by atoms with van der Waals surface area (Å²) in [5, 5.41) is 7.09. The van der Waals surface area contributed by atoms with Gasteiger partial charge in [-0.3, -0.25) is 4.79 Å². The third-order valence-corrected chi connectivity index (χ3v) is 3.88. The van der Waals surface area contributed by atoms with Crippen molar-refractivity contribution < 1.29 is 18.3 Å². The second-order valence-electron chi connectivity index (χ2n) is 6.18. The van der Waals surface area contributed by atoms with Crippen molar-refractivity contribution in [2.24, 2.45) is 0 Å². The Balaban J connectivity index is 1.61. The molecule has 1 atom stereocenters. The molecule has 3 rings (SSSR count). The highest BCUT2D eigenvalue weighted by Gasteiger charge is 2.16. The van der Waals surface area contributed by atoms with Crippen LogP contribution in [-0.4, -0.2) is 28.3 Å². The first-order chi connectivity index (χ1) is 12.9. The highest BCUT2D eigenvalue weighted by molar-refractivity contribution is 5.92. The van der Waals surface area contributed by atoms with Crippen LogP contribution in [0.5, 0.6) is 5.75 Å². The van der Waals surface area contributed by atoms with E-state index in [1.807, 2.05) is 37.3 Å². The smallest absolute Gasteiger partial charge is 0.272 e. The van der Waals surface area contributed by atoms with E-state index in [0.717, 1.165) is 23.5 Å². The average molecular weight is 371 g/mol. The lowest BCUT2D eigenvalue weighted by Crippen LogP contribution is -2.37. The second kappa shape index (κ2) is 7.99. The quantitative estimate of drug-likeness (QED) is 0.720. The van der Waals surface area contributed by atoms with Crippen molar-refractivity contribution in [2.75, 3.05) is 6.61 Å². The summed E-state index contributed by atoms with van der Waals surface area (Å²) < 4.78 is 33.5. The Hall–Kier alpha value is -3.22. The molecule has 7 heteroatoms. The maximum atomic E-state index is 13.6. The predicted molar refractivity (Wildman–Crippen MR) is 97.1 cm³/mol. The number of para-hydroxylation sites is 1. The minimum Gasteiger partial charge on any atom is -0.488 e. The van der Waals surface area contributed by atoms with Crippen LogP contribution in [-0.2, 0) is 0 Å². The standard InChI is InChI=1S/C20H19F2N3O2/c1-13(12-27-19-9-8-15(21)11-17(19)22)23-20(26)18-10-14(2)25(24-18)16-6-4-3-5-7-16/h3-11,13H,12H2,1-2H3,(H,23,26). The zero-order valence-corrected chi connectivity index (χ0v) is 14.9. The maximum absolute atomic E-state index is 13.6. The van der Waals surface area contributed by atoms with Gasteiger partial charge in [0, 0.05) is 11.8 Å². The summed E-state index contributed by atoms with van der Waals surface area (Å²) in [4.78, 5) is 12.4. The van der Waals surface area contributed by atoms with Crippen LogP contribution < -0.4 is 10.1 Å². The summed E-state index contributed by atoms with van der Waals surface area (Å²) in [6.45, 7) is 3.62. The molecule has 0 saturated heterocycles. The Morgan fingerprint density at radius 1 is 1.19 bits per heavy atom. The molecule has 1 unspecified atom stereocenters. The van der Waals surface area contributed by atoms with Gasteiger partial charge in [0.15, 0.2) is 17.3 Å². The zero-order valence-electron chi connectivity index (χ0n) is 14.9. The number of halogens is 2. The number of hydrogen-bond acceptors (Lipinski definition) is 3. The number of amides is 1. The summed E-state index contributed by atoms with van der Waals surface area (Å²) in [5.41, 5.74) is 1.96. The average Bonchev–Trinajstić information content (AvgIpc) is 3.03. The molecule has 1 amide bonds. The minimum absolute atomic E-state index is 0.0344. The van der Waals surface area contributed by atoms with Gasteiger partial charge >= 0.3 is 0 Å². The van der Waals surface area contributed by atoms with Crippen molar-refractivity contribution in [3.63, 3.8) is 0 Å². The number of nitrogens with one attached hydrogen (secondary N) is 1. The lowest BCUT2D eigenvalue weighted by atomic mass is 10.3. The Bertz CT molecular complexity index is 942. The molecule has 0 saturated carbocycles. The Morgan fingerprint density at radius 2 is 1.93 bits per heavy atom. The molecular weight excluding hydrogens is 352 g/mol. The fraction of sp³-hybridized carbons (Fsp3) is 0.200. The normalized spacial score (nSPS) is 11.9. The summed E-state index contributed by atoms with van der Waals surface area (Å²) in [6.07, 6.45) is 0. The molecule has 0 aliphatic heterocycles. The lowest BCUT2D eigenvalue weighted by Gasteiger charge is -2.14. The van der Waals surface area contributed by atoms with Crippen molar-refractivity contribution in [3.8, 4) is 11.4 Å². The monoisotopic (exact) mass is 371 g/mol. The largest absolute Gasteiger partial charge is 0.488 e. The molecule has 0 bridgehead atoms. The second-order valence-corrected chi connectivity index (χ2v) is 6.18. The van der Waals surface area contributed by atoms with Gasteiger partial charge in [0.25, 0.3) is 5.91 Å². The Labute approximate surface area is 155 Å². The molecule has 3 aromatic rings. The number of benzene rings is 2. The van der Waals surface area contributed by atoms with E-state index in [0.29, 0.717) is 0 Å². The number of rotatable bonds is 6. The third-order valence-electron chi connectivity index (χ3n) is 3.88. The molecule has 5 nitrogen and oxygen atoms in total. The van der Waals surface area contributed by atoms with E-state index in [1.165, 1.54) is 6.07 Å². The number of carbonyl (C=O) groups is 1. The molecule has 0 aliphatic carbocycles. The van der Waals surface area contributed by atoms with Crippen LogP contribution >= 0.6 is 0 Å². The third kappa shape index (κ3) is 4.49. The molecule has 2 aromatic carbocycles. The number of hydrogen-bond donors (Lipinski definition) is 1. The molecular formula is C20H19F2N3O2. The van der Waals surface area contributed by atoms with Crippen LogP contribution in [0.1, 0.15) is 23.1 Å². The van der Waals surface area contributed by atoms with E-state index in [4.69, 9.17) is 4.74 Å². The van der Waals surface area contributed by atoms with Gasteiger partial charge in [-0.25, -0.2) is 13.5 Å². The van der Waals surface area contributed by atoms with Gasteiger partial charge in [-0.15, -0.1) is 0 Å². The number of carbonyl (C=O) groups excluding carboxylic acids is 1. The van der Waals surface area contributed by atoms with Gasteiger partial charge < -0.3 is 10.1 Å². The van der Waals surface area contributed by atoms with Gasteiger partial charge in [-0.2, -0.15) is 5.10 Å². The van der Waals surface area contributed by atoms with E-state index in [9.17, 15) is 13.6 Å². The van der Waals surface area contributed by atoms with Crippen LogP contribution in [0.15, 0.2) is 54.6 Å². The molecule has 0 radical (unpaired) electrons. The van der Waals surface area contributed by atoms with Gasteiger partial charge in [0.2, 0.25) is 0 Å². The van der Waals surface area contributed by atoms with Crippen LogP contribution in [0.2, 0.25) is 0 Å². The van der Waals surface area contributed by atoms with Crippen LogP contribution in [0, 0.1) is 18.6 Å². The minimum atomic E-state index is -0.786. The summed E-state index contributed by atoms with van der Waals surface area (Å²) >= 11 is 0. The summed E-state index contributed by atoms with van der Waals surface area (Å²) in [7, 11) is 0. The van der Waals surface area contributed by atoms with E-state index in [-0.39, 0.29) is 24.0 Å². The van der Waals surface area contributed by atoms with E-state index < -0.39 is 17.7 Å². The number of ether oxygens (including phenoxy) is 1. The first-order valence-electron chi connectivity index (χ1n) is 8.45. The van der Waals surface area contributed by atoms with Crippen LogP contribution in [0.25, 0.3) is 5.69 Å². The fourth-order valence-corrected chi connectivity index (χ4v) is 2.56. The first kappa shape index (κ1) is 18.6. The van der Waals surface area contributed by atoms with Gasteiger partial charge in [0.1, 0.15) is 12.4 Å². The topological polar surface area (TPSA) is 56.1 Å². The highest BCUT2D eigenvalue weighted by Crippen LogP contribution is 2.18. The van der Waals surface area contributed by atoms with Crippen LogP contribution in [0.4, 0.5) is 8.78 Å². The molecule has 0 fully saturated rings. The van der Waals surface area contributed by atoms with Gasteiger partial charge in [0.05, 0.1) is 11.7 Å². The molecule has 1 heterocycles. The SMILES string of the molecule is Cc1cc(C(=O)NC(C)COc2ccc(F)cc2F)nn1-c1ccccc1. The maximum Gasteiger partial charge on any atom is 0.272 e. The number of aryl methyl sites for hydroxylation is 1. The van der Waals surface area contributed by atoms with Crippen molar-refractivity contribution in [1.82, 2.24) is 15.1 Å². The molecule has 27 heavy (non-hydrogen) atoms. The molecule has 0 aliphatic rings. The molecule has 140 valence electrons. The molecule has 1 N–H and O–H groups in total. The Morgan fingerprint density at radius 3 is 2.63 bits per heavy atom. The van der Waals surface area contributed by atoms with Crippen molar-refractivity contribution in [3.05, 3.63) is 77.6 Å². The van der Waals surface area contributed by atoms with Crippen molar-refractivity contribution in [1.29, 1.82) is 0 Å². The van der Waals surface area contributed by atoms with E-state index >= 15 is 0 Å². The summed E-state index contributed by atoms with van der Waals surface area (Å²) in [5.74, 6) is -1.89. The fourth-order valence-electron chi connectivity index (χ4n) is 2.56. The van der Waals surface area contributed by atoms with Crippen molar-refractivity contribution >= 4 is 5.91 Å². The van der Waals surface area contributed by atoms with E-state index in [2.05, 4.69) is 10.4 Å². The predicted octanol–water partition coefficient (Wildman–Crippen LogP) is 3.66. The van der Waals surface area contributed by atoms with E-state index in [1.54, 1.807) is 17.7 Å².